The van der Waals surface area contributed by atoms with Gasteiger partial charge in [-0.3, -0.25) is 0 Å². The normalized spacial score (nSPS) is 10.8. The van der Waals surface area contributed by atoms with Crippen LogP contribution in [-0.2, 0) is 0 Å². The van der Waals surface area contributed by atoms with E-state index < -0.39 is 0 Å². The van der Waals surface area contributed by atoms with Gasteiger partial charge in [-0.15, -0.1) is 22.0 Å². The van der Waals surface area contributed by atoms with Gasteiger partial charge in [0.1, 0.15) is 8.73 Å². The molecule has 1 heterocycles. The average Bonchev–Trinajstić information content (AvgIpc) is 2.08. The van der Waals surface area contributed by atoms with Gasteiger partial charge in [-0.25, -0.2) is 0 Å². The van der Waals surface area contributed by atoms with Crippen molar-refractivity contribution in [2.75, 3.05) is 26.4 Å². The molecule has 0 spiro atoms. The van der Waals surface area contributed by atoms with Crippen molar-refractivity contribution in [1.29, 1.82) is 0 Å². The van der Waals surface area contributed by atoms with Crippen LogP contribution in [0.4, 0.5) is 0 Å². The van der Waals surface area contributed by atoms with E-state index in [1.807, 2.05) is 12.1 Å². The van der Waals surface area contributed by atoms with E-state index in [1.165, 1.54) is 0 Å². The smallest absolute Gasteiger partial charge is 0.124 e. The SMILES string of the molecule is CN(C)CCSc1ccc(I)nn1. The van der Waals surface area contributed by atoms with Crippen molar-refractivity contribution >= 4 is 34.4 Å². The Kier molecular flexibility index (Phi) is 4.97. The Balaban J connectivity index is 2.33. The van der Waals surface area contributed by atoms with Gasteiger partial charge in [-0.1, -0.05) is 0 Å². The molecule has 0 aliphatic heterocycles. The van der Waals surface area contributed by atoms with E-state index in [0.29, 0.717) is 0 Å². The van der Waals surface area contributed by atoms with Gasteiger partial charge in [-0.2, -0.15) is 0 Å². The molecule has 0 atom stereocenters. The van der Waals surface area contributed by atoms with Crippen LogP contribution in [0, 0.1) is 3.70 Å². The first-order valence-corrected chi connectivity index (χ1v) is 6.01. The summed E-state index contributed by atoms with van der Waals surface area (Å²) in [6, 6.07) is 3.99. The summed E-state index contributed by atoms with van der Waals surface area (Å²) < 4.78 is 0.939. The number of hydrogen-bond acceptors (Lipinski definition) is 4. The minimum absolute atomic E-state index is 0.939. The predicted molar refractivity (Wildman–Crippen MR) is 64.0 cm³/mol. The van der Waals surface area contributed by atoms with Gasteiger partial charge in [0.05, 0.1) is 0 Å². The van der Waals surface area contributed by atoms with Gasteiger partial charge in [-0.05, 0) is 48.8 Å². The molecule has 1 aromatic rings. The quantitative estimate of drug-likeness (QED) is 0.626. The third kappa shape index (κ3) is 4.78. The van der Waals surface area contributed by atoms with Crippen molar-refractivity contribution in [2.24, 2.45) is 0 Å². The van der Waals surface area contributed by atoms with Crippen LogP contribution in [0.1, 0.15) is 0 Å². The molecule has 5 heteroatoms. The highest BCUT2D eigenvalue weighted by Gasteiger charge is 1.97. The molecular weight excluding hydrogens is 297 g/mol. The highest BCUT2D eigenvalue weighted by Crippen LogP contribution is 2.13. The van der Waals surface area contributed by atoms with E-state index in [-0.39, 0.29) is 0 Å². The van der Waals surface area contributed by atoms with E-state index in [2.05, 4.69) is 51.8 Å². The van der Waals surface area contributed by atoms with E-state index in [1.54, 1.807) is 11.8 Å². The Labute approximate surface area is 96.4 Å². The largest absolute Gasteiger partial charge is 0.309 e. The molecule has 0 aromatic carbocycles. The molecule has 0 aliphatic carbocycles. The summed E-state index contributed by atoms with van der Waals surface area (Å²) in [6.07, 6.45) is 0. The zero-order valence-electron chi connectivity index (χ0n) is 7.70. The summed E-state index contributed by atoms with van der Waals surface area (Å²) in [5.41, 5.74) is 0. The zero-order valence-corrected chi connectivity index (χ0v) is 10.7. The van der Waals surface area contributed by atoms with Gasteiger partial charge in [0.25, 0.3) is 0 Å². The third-order valence-electron chi connectivity index (χ3n) is 1.40. The van der Waals surface area contributed by atoms with Crippen molar-refractivity contribution in [2.45, 2.75) is 5.03 Å². The minimum atomic E-state index is 0.939. The number of rotatable bonds is 4. The summed E-state index contributed by atoms with van der Waals surface area (Å²) >= 11 is 3.89. The first-order valence-electron chi connectivity index (χ1n) is 3.95. The van der Waals surface area contributed by atoms with Crippen LogP contribution in [0.3, 0.4) is 0 Å². The Morgan fingerprint density at radius 2 is 2.15 bits per heavy atom. The van der Waals surface area contributed by atoms with E-state index in [0.717, 1.165) is 21.0 Å². The molecule has 3 nitrogen and oxygen atoms in total. The molecule has 0 radical (unpaired) electrons. The lowest BCUT2D eigenvalue weighted by molar-refractivity contribution is 0.437. The molecule has 0 fully saturated rings. The average molecular weight is 309 g/mol. The van der Waals surface area contributed by atoms with Crippen LogP contribution < -0.4 is 0 Å². The summed E-state index contributed by atoms with van der Waals surface area (Å²) in [5, 5.41) is 9.04. The third-order valence-corrected chi connectivity index (χ3v) is 2.87. The number of halogens is 1. The van der Waals surface area contributed by atoms with Crippen LogP contribution >= 0.6 is 34.4 Å². The second kappa shape index (κ2) is 5.77. The van der Waals surface area contributed by atoms with E-state index >= 15 is 0 Å². The molecule has 72 valence electrons. The molecule has 0 aliphatic rings. The second-order valence-electron chi connectivity index (χ2n) is 2.85. The van der Waals surface area contributed by atoms with Crippen molar-refractivity contribution in [3.8, 4) is 0 Å². The lowest BCUT2D eigenvalue weighted by atomic mass is 10.6. The monoisotopic (exact) mass is 309 g/mol. The van der Waals surface area contributed by atoms with Crippen molar-refractivity contribution in [3.63, 3.8) is 0 Å². The van der Waals surface area contributed by atoms with Crippen LogP contribution in [0.5, 0.6) is 0 Å². The summed E-state index contributed by atoms with van der Waals surface area (Å²) in [4.78, 5) is 2.16. The molecule has 0 saturated carbocycles. The lowest BCUT2D eigenvalue weighted by Crippen LogP contribution is -2.14. The molecule has 0 bridgehead atoms. The molecule has 0 N–H and O–H groups in total. The second-order valence-corrected chi connectivity index (χ2v) is 5.07. The maximum atomic E-state index is 4.06. The molecule has 13 heavy (non-hydrogen) atoms. The predicted octanol–water partition coefficient (Wildman–Crippen LogP) is 1.73. The molecule has 1 rings (SSSR count). The van der Waals surface area contributed by atoms with Gasteiger partial charge < -0.3 is 4.90 Å². The number of thioether (sulfide) groups is 1. The van der Waals surface area contributed by atoms with Crippen LogP contribution in [-0.4, -0.2) is 41.5 Å². The summed E-state index contributed by atoms with van der Waals surface area (Å²) in [6.45, 7) is 1.07. The minimum Gasteiger partial charge on any atom is -0.309 e. The molecule has 0 saturated heterocycles. The fourth-order valence-corrected chi connectivity index (χ4v) is 1.93. The highest BCUT2D eigenvalue weighted by molar-refractivity contribution is 14.1. The van der Waals surface area contributed by atoms with Crippen molar-refractivity contribution in [1.82, 2.24) is 15.1 Å². The maximum absolute atomic E-state index is 4.06. The molecule has 0 unspecified atom stereocenters. The van der Waals surface area contributed by atoms with Gasteiger partial charge >= 0.3 is 0 Å². The first kappa shape index (κ1) is 11.2. The Hall–Kier alpha value is 0.120. The first-order chi connectivity index (χ1) is 6.18. The number of nitrogens with zero attached hydrogens (tertiary/aromatic N) is 3. The van der Waals surface area contributed by atoms with Gasteiger partial charge in [0, 0.05) is 12.3 Å². The fourth-order valence-electron chi connectivity index (χ4n) is 0.714. The zero-order chi connectivity index (χ0) is 9.68. The van der Waals surface area contributed by atoms with Crippen molar-refractivity contribution in [3.05, 3.63) is 15.8 Å². The molecular formula is C8H12IN3S. The summed E-state index contributed by atoms with van der Waals surface area (Å²) in [5.74, 6) is 1.06. The molecule has 1 aromatic heterocycles. The van der Waals surface area contributed by atoms with E-state index in [4.69, 9.17) is 0 Å². The van der Waals surface area contributed by atoms with Crippen molar-refractivity contribution < 1.29 is 0 Å². The standard InChI is InChI=1S/C8H12IN3S/c1-12(2)5-6-13-8-4-3-7(9)10-11-8/h3-4H,5-6H2,1-2H3. The fraction of sp³-hybridized carbons (Fsp3) is 0.500. The maximum Gasteiger partial charge on any atom is 0.124 e. The topological polar surface area (TPSA) is 29.0 Å². The number of aromatic nitrogens is 2. The van der Waals surface area contributed by atoms with Crippen LogP contribution in [0.2, 0.25) is 0 Å². The Bertz CT molecular complexity index is 250. The van der Waals surface area contributed by atoms with Gasteiger partial charge in [0.15, 0.2) is 0 Å². The van der Waals surface area contributed by atoms with E-state index in [9.17, 15) is 0 Å². The Morgan fingerprint density at radius 1 is 1.38 bits per heavy atom. The van der Waals surface area contributed by atoms with Crippen LogP contribution in [0.15, 0.2) is 17.2 Å². The van der Waals surface area contributed by atoms with Crippen LogP contribution in [0.25, 0.3) is 0 Å². The number of hydrogen-bond donors (Lipinski definition) is 0. The highest BCUT2D eigenvalue weighted by atomic mass is 127. The Morgan fingerprint density at radius 3 is 2.69 bits per heavy atom. The van der Waals surface area contributed by atoms with Gasteiger partial charge in [0.2, 0.25) is 0 Å². The molecule has 0 amide bonds. The lowest BCUT2D eigenvalue weighted by Gasteiger charge is -2.07. The summed E-state index contributed by atoms with van der Waals surface area (Å²) in [7, 11) is 4.14.